The molecule has 0 bridgehead atoms. The highest BCUT2D eigenvalue weighted by molar-refractivity contribution is 7.22. The Morgan fingerprint density at radius 3 is 2.62 bits per heavy atom. The largest absolute Gasteiger partial charge is 0.503 e. The predicted molar refractivity (Wildman–Crippen MR) is 129 cm³/mol. The molecule has 0 aliphatic carbocycles. The first-order valence-corrected chi connectivity index (χ1v) is 12.0. The van der Waals surface area contributed by atoms with Gasteiger partial charge in [0.1, 0.15) is 0 Å². The first-order valence-electron chi connectivity index (χ1n) is 10.3. The number of aryl methyl sites for hydroxylation is 2. The third kappa shape index (κ3) is 3.34. The lowest BCUT2D eigenvalue weighted by Crippen LogP contribution is -2.30. The van der Waals surface area contributed by atoms with Gasteiger partial charge in [-0.3, -0.25) is 14.5 Å². The second-order valence-corrected chi connectivity index (χ2v) is 9.67. The number of thiophene rings is 1. The molecule has 5 rings (SSSR count). The van der Waals surface area contributed by atoms with Gasteiger partial charge in [-0.05, 0) is 48.1 Å². The fourth-order valence-corrected chi connectivity index (χ4v) is 5.65. The van der Waals surface area contributed by atoms with E-state index in [1.54, 1.807) is 17.5 Å². The molecule has 3 heterocycles. The molecular formula is C25H20N2O3S2. The van der Waals surface area contributed by atoms with E-state index < -0.39 is 17.7 Å². The summed E-state index contributed by atoms with van der Waals surface area (Å²) in [4.78, 5) is 33.2. The molecule has 4 aromatic rings. The van der Waals surface area contributed by atoms with Crippen molar-refractivity contribution in [3.63, 3.8) is 0 Å². The maximum atomic E-state index is 13.3. The van der Waals surface area contributed by atoms with Gasteiger partial charge in [-0.1, -0.05) is 60.2 Å². The van der Waals surface area contributed by atoms with E-state index in [9.17, 15) is 14.7 Å². The zero-order valence-electron chi connectivity index (χ0n) is 17.5. The van der Waals surface area contributed by atoms with Crippen LogP contribution in [0.2, 0.25) is 0 Å². The number of benzene rings is 2. The first-order chi connectivity index (χ1) is 15.5. The third-order valence-electron chi connectivity index (χ3n) is 5.65. The zero-order chi connectivity index (χ0) is 22.4. The molecule has 5 nitrogen and oxygen atoms in total. The van der Waals surface area contributed by atoms with Crippen molar-refractivity contribution < 1.29 is 14.7 Å². The fourth-order valence-electron chi connectivity index (χ4n) is 3.92. The molecule has 2 aromatic heterocycles. The number of ketones is 1. The highest BCUT2D eigenvalue weighted by atomic mass is 32.1. The molecule has 0 fully saturated rings. The summed E-state index contributed by atoms with van der Waals surface area (Å²) in [6.45, 7) is 4.07. The van der Waals surface area contributed by atoms with E-state index in [0.717, 1.165) is 27.8 Å². The Morgan fingerprint density at radius 2 is 1.94 bits per heavy atom. The van der Waals surface area contributed by atoms with Gasteiger partial charge >= 0.3 is 0 Å². The van der Waals surface area contributed by atoms with Crippen molar-refractivity contribution in [2.45, 2.75) is 26.3 Å². The third-order valence-corrected chi connectivity index (χ3v) is 7.53. The molecule has 1 N–H and O–H groups in total. The molecule has 0 spiro atoms. The number of rotatable bonds is 5. The Morgan fingerprint density at radius 1 is 1.16 bits per heavy atom. The number of carbonyl (C=O) groups is 2. The van der Waals surface area contributed by atoms with Gasteiger partial charge in [-0.2, -0.15) is 0 Å². The van der Waals surface area contributed by atoms with E-state index in [1.165, 1.54) is 33.1 Å². The summed E-state index contributed by atoms with van der Waals surface area (Å²) >= 11 is 2.68. The fraction of sp³-hybridized carbons (Fsp3) is 0.160. The summed E-state index contributed by atoms with van der Waals surface area (Å²) in [7, 11) is 0. The molecule has 1 aliphatic rings. The van der Waals surface area contributed by atoms with E-state index in [4.69, 9.17) is 0 Å². The van der Waals surface area contributed by atoms with Crippen LogP contribution < -0.4 is 4.90 Å². The van der Waals surface area contributed by atoms with Gasteiger partial charge in [-0.25, -0.2) is 4.98 Å². The molecule has 2 aromatic carbocycles. The van der Waals surface area contributed by atoms with Gasteiger partial charge in [0.2, 0.25) is 5.78 Å². The molecule has 1 amide bonds. The molecule has 160 valence electrons. The number of amides is 1. The van der Waals surface area contributed by atoms with Crippen molar-refractivity contribution >= 4 is 49.7 Å². The van der Waals surface area contributed by atoms with Crippen molar-refractivity contribution in [1.82, 2.24) is 4.98 Å². The number of thiazole rings is 1. The second kappa shape index (κ2) is 8.00. The number of aliphatic hydroxyl groups excluding tert-OH is 1. The van der Waals surface area contributed by atoms with Crippen LogP contribution >= 0.6 is 22.7 Å². The van der Waals surface area contributed by atoms with Crippen LogP contribution in [0, 0.1) is 6.92 Å². The highest BCUT2D eigenvalue weighted by Crippen LogP contribution is 2.44. The van der Waals surface area contributed by atoms with E-state index >= 15 is 0 Å². The van der Waals surface area contributed by atoms with Crippen LogP contribution in [-0.4, -0.2) is 21.8 Å². The van der Waals surface area contributed by atoms with Crippen LogP contribution in [0.5, 0.6) is 0 Å². The Kier molecular flexibility index (Phi) is 5.15. The van der Waals surface area contributed by atoms with Crippen LogP contribution in [0.1, 0.15) is 39.3 Å². The highest BCUT2D eigenvalue weighted by Gasteiger charge is 2.46. The maximum absolute atomic E-state index is 13.3. The van der Waals surface area contributed by atoms with Crippen molar-refractivity contribution in [2.24, 2.45) is 0 Å². The monoisotopic (exact) mass is 460 g/mol. The van der Waals surface area contributed by atoms with Crippen molar-refractivity contribution in [3.05, 3.63) is 92.9 Å². The lowest BCUT2D eigenvalue weighted by atomic mass is 9.95. The van der Waals surface area contributed by atoms with E-state index in [1.807, 2.05) is 43.3 Å². The van der Waals surface area contributed by atoms with Crippen LogP contribution in [0.3, 0.4) is 0 Å². The van der Waals surface area contributed by atoms with Crippen LogP contribution in [0.15, 0.2) is 71.3 Å². The summed E-state index contributed by atoms with van der Waals surface area (Å²) in [6.07, 6.45) is 0.902. The number of hydrogen-bond acceptors (Lipinski definition) is 6. The molecule has 1 atom stereocenters. The van der Waals surface area contributed by atoms with Crippen LogP contribution in [0.25, 0.3) is 10.2 Å². The summed E-state index contributed by atoms with van der Waals surface area (Å²) in [5.74, 6) is -1.46. The average Bonchev–Trinajstić information content (AvgIpc) is 3.52. The summed E-state index contributed by atoms with van der Waals surface area (Å²) in [5.41, 5.74) is 3.88. The van der Waals surface area contributed by atoms with Gasteiger partial charge in [0.25, 0.3) is 5.91 Å². The smallest absolute Gasteiger partial charge is 0.296 e. The Hall–Kier alpha value is -3.29. The van der Waals surface area contributed by atoms with Gasteiger partial charge in [0.05, 0.1) is 26.7 Å². The minimum atomic E-state index is -0.746. The number of nitrogens with zero attached hydrogens (tertiary/aromatic N) is 2. The normalized spacial score (nSPS) is 16.4. The number of aliphatic hydroxyl groups is 1. The van der Waals surface area contributed by atoms with E-state index in [-0.39, 0.29) is 11.4 Å². The molecule has 0 saturated heterocycles. The Labute approximate surface area is 193 Å². The summed E-state index contributed by atoms with van der Waals surface area (Å²) < 4.78 is 0.965. The Balaban J connectivity index is 1.67. The Bertz CT molecular complexity index is 1370. The minimum absolute atomic E-state index is 0.0924. The average molecular weight is 461 g/mol. The van der Waals surface area contributed by atoms with Gasteiger partial charge in [0.15, 0.2) is 10.9 Å². The number of Topliss-reactive ketones (excluding diaryl/α,β-unsaturated/α-hetero) is 1. The maximum Gasteiger partial charge on any atom is 0.296 e. The van der Waals surface area contributed by atoms with Gasteiger partial charge in [-0.15, -0.1) is 11.3 Å². The summed E-state index contributed by atoms with van der Waals surface area (Å²) in [6, 6.07) is 16.4. The molecular weight excluding hydrogens is 440 g/mol. The number of aromatic nitrogens is 1. The number of carbonyl (C=O) groups excluding carboxylic acids is 2. The number of anilines is 1. The minimum Gasteiger partial charge on any atom is -0.503 e. The topological polar surface area (TPSA) is 70.5 Å². The standard InChI is InChI=1S/C25H20N2O3S2/c1-3-15-8-11-17-19(13-15)32-25(26-17)27-21(16-9-6-14(2)7-10-16)20(23(29)24(27)30)22(28)18-5-4-12-31-18/h4-13,21,29H,3H2,1-2H3/t21-/m0/s1. The molecule has 32 heavy (non-hydrogen) atoms. The summed E-state index contributed by atoms with van der Waals surface area (Å²) in [5, 5.41) is 13.1. The van der Waals surface area contributed by atoms with Gasteiger partial charge < -0.3 is 5.11 Å². The van der Waals surface area contributed by atoms with Crippen molar-refractivity contribution in [1.29, 1.82) is 0 Å². The molecule has 0 saturated carbocycles. The SMILES string of the molecule is CCc1ccc2nc(N3C(=O)C(O)=C(C(=O)c4cccs4)[C@@H]3c3ccc(C)cc3)sc2c1. The number of fused-ring (bicyclic) bond motifs is 1. The van der Waals surface area contributed by atoms with Gasteiger partial charge in [0, 0.05) is 0 Å². The lowest BCUT2D eigenvalue weighted by molar-refractivity contribution is -0.117. The second-order valence-electron chi connectivity index (χ2n) is 7.71. The number of hydrogen-bond donors (Lipinski definition) is 1. The lowest BCUT2D eigenvalue weighted by Gasteiger charge is -2.24. The van der Waals surface area contributed by atoms with Crippen LogP contribution in [0.4, 0.5) is 5.13 Å². The molecule has 0 radical (unpaired) electrons. The van der Waals surface area contributed by atoms with Crippen molar-refractivity contribution in [2.75, 3.05) is 4.90 Å². The first kappa shape index (κ1) is 20.6. The molecule has 1 aliphatic heterocycles. The van der Waals surface area contributed by atoms with E-state index in [2.05, 4.69) is 18.0 Å². The molecule has 0 unspecified atom stereocenters. The quantitative estimate of drug-likeness (QED) is 0.370. The van der Waals surface area contributed by atoms with E-state index in [0.29, 0.717) is 10.0 Å². The van der Waals surface area contributed by atoms with Crippen molar-refractivity contribution in [3.8, 4) is 0 Å². The van der Waals surface area contributed by atoms with Crippen LogP contribution in [-0.2, 0) is 11.2 Å². The predicted octanol–water partition coefficient (Wildman–Crippen LogP) is 6.01. The molecule has 7 heteroatoms. The zero-order valence-corrected chi connectivity index (χ0v) is 19.2.